The molecule has 0 saturated carbocycles. The number of rotatable bonds is 5. The Bertz CT molecular complexity index is 602. The molecule has 2 aromatic carbocycles. The number of Topliss-reactive ketones (excluding diaryl/α,β-unsaturated/α-hetero) is 1. The van der Waals surface area contributed by atoms with Crippen molar-refractivity contribution < 1.29 is 19.4 Å². The number of benzene rings is 2. The summed E-state index contributed by atoms with van der Waals surface area (Å²) in [6, 6.07) is 11.8. The molecule has 0 aliphatic carbocycles. The van der Waals surface area contributed by atoms with Crippen LogP contribution >= 0.6 is 0 Å². The molecule has 0 aliphatic rings. The lowest BCUT2D eigenvalue weighted by Crippen LogP contribution is -2.05. The predicted molar refractivity (Wildman–Crippen MR) is 75.7 cm³/mol. The molecule has 0 saturated heterocycles. The molecule has 0 aromatic heterocycles. The largest absolute Gasteiger partial charge is 0.508 e. The van der Waals surface area contributed by atoms with Crippen LogP contribution in [0.1, 0.15) is 15.9 Å². The van der Waals surface area contributed by atoms with Gasteiger partial charge in [-0.3, -0.25) is 4.79 Å². The Morgan fingerprint density at radius 2 is 1.75 bits per heavy atom. The van der Waals surface area contributed by atoms with E-state index >= 15 is 0 Å². The lowest BCUT2D eigenvalue weighted by molar-refractivity contribution is 0.0990. The molecule has 0 bridgehead atoms. The van der Waals surface area contributed by atoms with Gasteiger partial charge in [0.25, 0.3) is 0 Å². The first-order valence-corrected chi connectivity index (χ1v) is 6.17. The van der Waals surface area contributed by atoms with E-state index in [4.69, 9.17) is 9.47 Å². The molecule has 0 amide bonds. The fraction of sp³-hybridized carbons (Fsp3) is 0.188. The lowest BCUT2D eigenvalue weighted by atomic mass is 10.0. The normalized spacial score (nSPS) is 10.1. The third-order valence-electron chi connectivity index (χ3n) is 3.01. The molecular formula is C16H16O4. The van der Waals surface area contributed by atoms with E-state index in [-0.39, 0.29) is 18.0 Å². The summed E-state index contributed by atoms with van der Waals surface area (Å²) < 4.78 is 10.2. The van der Waals surface area contributed by atoms with Crippen molar-refractivity contribution >= 4 is 5.78 Å². The number of carbonyl (C=O) groups excluding carboxylic acids is 1. The average Bonchev–Trinajstić information content (AvgIpc) is 2.47. The van der Waals surface area contributed by atoms with Gasteiger partial charge in [-0.05, 0) is 29.8 Å². The zero-order valence-electron chi connectivity index (χ0n) is 11.4. The molecule has 0 heterocycles. The molecule has 0 fully saturated rings. The SMILES string of the molecule is COc1ccc(CC(=O)c2ccc(O)cc2OC)cc1. The highest BCUT2D eigenvalue weighted by molar-refractivity contribution is 6.00. The molecule has 0 spiro atoms. The molecule has 4 nitrogen and oxygen atoms in total. The molecule has 0 unspecified atom stereocenters. The summed E-state index contributed by atoms with van der Waals surface area (Å²) in [6.45, 7) is 0. The third kappa shape index (κ3) is 3.09. The van der Waals surface area contributed by atoms with Gasteiger partial charge in [-0.1, -0.05) is 12.1 Å². The van der Waals surface area contributed by atoms with E-state index in [0.717, 1.165) is 11.3 Å². The molecule has 0 aliphatic heterocycles. The summed E-state index contributed by atoms with van der Waals surface area (Å²) in [4.78, 5) is 12.3. The van der Waals surface area contributed by atoms with E-state index in [1.807, 2.05) is 24.3 Å². The van der Waals surface area contributed by atoms with E-state index in [1.54, 1.807) is 13.2 Å². The van der Waals surface area contributed by atoms with E-state index < -0.39 is 0 Å². The number of hydrogen-bond acceptors (Lipinski definition) is 4. The van der Waals surface area contributed by atoms with Crippen molar-refractivity contribution in [1.29, 1.82) is 0 Å². The summed E-state index contributed by atoms with van der Waals surface area (Å²) in [7, 11) is 3.07. The van der Waals surface area contributed by atoms with Crippen LogP contribution in [0.25, 0.3) is 0 Å². The second-order valence-electron chi connectivity index (χ2n) is 4.33. The van der Waals surface area contributed by atoms with Crippen molar-refractivity contribution in [3.63, 3.8) is 0 Å². The predicted octanol–water partition coefficient (Wildman–Crippen LogP) is 2.83. The molecule has 2 aromatic rings. The third-order valence-corrected chi connectivity index (χ3v) is 3.01. The quantitative estimate of drug-likeness (QED) is 0.850. The highest BCUT2D eigenvalue weighted by atomic mass is 16.5. The summed E-state index contributed by atoms with van der Waals surface area (Å²) in [6.07, 6.45) is 0.269. The Kier molecular flexibility index (Phi) is 4.25. The zero-order chi connectivity index (χ0) is 14.5. The van der Waals surface area contributed by atoms with Crippen LogP contribution in [0.3, 0.4) is 0 Å². The molecule has 20 heavy (non-hydrogen) atoms. The van der Waals surface area contributed by atoms with Crippen molar-refractivity contribution in [3.05, 3.63) is 53.6 Å². The van der Waals surface area contributed by atoms with Crippen LogP contribution in [-0.4, -0.2) is 25.1 Å². The first kappa shape index (κ1) is 13.9. The molecule has 1 N–H and O–H groups in total. The maximum absolute atomic E-state index is 12.3. The number of phenolic OH excluding ortho intramolecular Hbond substituents is 1. The summed E-state index contributed by atoms with van der Waals surface area (Å²) in [5.74, 6) is 1.14. The minimum absolute atomic E-state index is 0.0629. The van der Waals surface area contributed by atoms with E-state index in [2.05, 4.69) is 0 Å². The minimum Gasteiger partial charge on any atom is -0.508 e. The number of ether oxygens (including phenoxy) is 2. The number of ketones is 1. The standard InChI is InChI=1S/C16H16O4/c1-19-13-6-3-11(4-7-13)9-15(18)14-8-5-12(17)10-16(14)20-2/h3-8,10,17H,9H2,1-2H3. The lowest BCUT2D eigenvalue weighted by Gasteiger charge is -2.08. The van der Waals surface area contributed by atoms with Crippen molar-refractivity contribution in [1.82, 2.24) is 0 Å². The molecule has 104 valence electrons. The van der Waals surface area contributed by atoms with Crippen LogP contribution in [0.2, 0.25) is 0 Å². The summed E-state index contributed by atoms with van der Waals surface area (Å²) in [5, 5.41) is 9.39. The zero-order valence-corrected chi connectivity index (χ0v) is 11.4. The Balaban J connectivity index is 2.19. The number of aromatic hydroxyl groups is 1. The monoisotopic (exact) mass is 272 g/mol. The van der Waals surface area contributed by atoms with Crippen LogP contribution in [0.4, 0.5) is 0 Å². The van der Waals surface area contributed by atoms with Crippen LogP contribution in [-0.2, 0) is 6.42 Å². The smallest absolute Gasteiger partial charge is 0.170 e. The number of hydrogen-bond donors (Lipinski definition) is 1. The molecule has 0 radical (unpaired) electrons. The Labute approximate surface area is 117 Å². The summed E-state index contributed by atoms with van der Waals surface area (Å²) >= 11 is 0. The molecular weight excluding hydrogens is 256 g/mol. The van der Waals surface area contributed by atoms with Gasteiger partial charge in [0.05, 0.1) is 19.8 Å². The maximum atomic E-state index is 12.3. The highest BCUT2D eigenvalue weighted by Crippen LogP contribution is 2.25. The van der Waals surface area contributed by atoms with Gasteiger partial charge in [0.1, 0.15) is 17.2 Å². The Hall–Kier alpha value is -2.49. The average molecular weight is 272 g/mol. The van der Waals surface area contributed by atoms with Crippen molar-refractivity contribution in [2.75, 3.05) is 14.2 Å². The van der Waals surface area contributed by atoms with Gasteiger partial charge in [0.15, 0.2) is 5.78 Å². The topological polar surface area (TPSA) is 55.8 Å². The Morgan fingerprint density at radius 1 is 1.05 bits per heavy atom. The van der Waals surface area contributed by atoms with Crippen LogP contribution in [0, 0.1) is 0 Å². The number of phenols is 1. The van der Waals surface area contributed by atoms with Crippen LogP contribution < -0.4 is 9.47 Å². The van der Waals surface area contributed by atoms with E-state index in [9.17, 15) is 9.90 Å². The molecule has 0 atom stereocenters. The molecule has 2 rings (SSSR count). The molecule has 4 heteroatoms. The Morgan fingerprint density at radius 3 is 2.35 bits per heavy atom. The number of methoxy groups -OCH3 is 2. The van der Waals surface area contributed by atoms with Crippen molar-refractivity contribution in [2.24, 2.45) is 0 Å². The van der Waals surface area contributed by atoms with Gasteiger partial charge in [0.2, 0.25) is 0 Å². The van der Waals surface area contributed by atoms with Gasteiger partial charge in [-0.25, -0.2) is 0 Å². The second-order valence-corrected chi connectivity index (χ2v) is 4.33. The van der Waals surface area contributed by atoms with E-state index in [1.165, 1.54) is 19.2 Å². The highest BCUT2D eigenvalue weighted by Gasteiger charge is 2.13. The van der Waals surface area contributed by atoms with Crippen LogP contribution in [0.15, 0.2) is 42.5 Å². The first-order valence-electron chi connectivity index (χ1n) is 6.17. The maximum Gasteiger partial charge on any atom is 0.170 e. The van der Waals surface area contributed by atoms with E-state index in [0.29, 0.717) is 11.3 Å². The van der Waals surface area contributed by atoms with Gasteiger partial charge < -0.3 is 14.6 Å². The van der Waals surface area contributed by atoms with Crippen LogP contribution in [0.5, 0.6) is 17.2 Å². The fourth-order valence-corrected chi connectivity index (χ4v) is 1.93. The minimum atomic E-state index is -0.0629. The van der Waals surface area contributed by atoms with Gasteiger partial charge in [-0.15, -0.1) is 0 Å². The van der Waals surface area contributed by atoms with Gasteiger partial charge in [-0.2, -0.15) is 0 Å². The van der Waals surface area contributed by atoms with Gasteiger partial charge >= 0.3 is 0 Å². The first-order chi connectivity index (χ1) is 9.63. The fourth-order valence-electron chi connectivity index (χ4n) is 1.93. The second kappa shape index (κ2) is 6.10. The summed E-state index contributed by atoms with van der Waals surface area (Å²) in [5.41, 5.74) is 1.35. The van der Waals surface area contributed by atoms with Gasteiger partial charge in [0, 0.05) is 12.5 Å². The number of carbonyl (C=O) groups is 1. The van der Waals surface area contributed by atoms with Crippen molar-refractivity contribution in [2.45, 2.75) is 6.42 Å². The van der Waals surface area contributed by atoms with Crippen molar-refractivity contribution in [3.8, 4) is 17.2 Å².